The molecule has 1 amide bonds. The summed E-state index contributed by atoms with van der Waals surface area (Å²) in [5.74, 6) is 1.58. The van der Waals surface area contributed by atoms with E-state index < -0.39 is 0 Å². The third-order valence-electron chi connectivity index (χ3n) is 5.17. The molecule has 0 aromatic rings. The molecule has 0 spiro atoms. The summed E-state index contributed by atoms with van der Waals surface area (Å²) < 4.78 is 0. The zero-order chi connectivity index (χ0) is 8.72. The molecule has 2 heteroatoms. The van der Waals surface area contributed by atoms with Crippen LogP contribution in [-0.2, 0) is 4.79 Å². The van der Waals surface area contributed by atoms with Gasteiger partial charge >= 0.3 is 0 Å². The van der Waals surface area contributed by atoms with Gasteiger partial charge in [-0.15, -0.1) is 0 Å². The highest BCUT2D eigenvalue weighted by Crippen LogP contribution is 2.94. The van der Waals surface area contributed by atoms with Crippen LogP contribution < -0.4 is 5.73 Å². The van der Waals surface area contributed by atoms with Crippen LogP contribution >= 0.6 is 0 Å². The highest BCUT2D eigenvalue weighted by Gasteiger charge is 2.91. The van der Waals surface area contributed by atoms with Gasteiger partial charge in [0.15, 0.2) is 0 Å². The first kappa shape index (κ1) is 6.93. The van der Waals surface area contributed by atoms with Gasteiger partial charge in [-0.1, -0.05) is 13.8 Å². The van der Waals surface area contributed by atoms with E-state index in [9.17, 15) is 4.79 Å². The molecule has 0 saturated heterocycles. The van der Waals surface area contributed by atoms with Crippen LogP contribution in [0.1, 0.15) is 26.7 Å². The molecular formula is C10H15NO. The molecule has 3 saturated carbocycles. The Morgan fingerprint density at radius 1 is 1.50 bits per heavy atom. The first-order valence-corrected chi connectivity index (χ1v) is 4.85. The lowest BCUT2D eigenvalue weighted by Crippen LogP contribution is -2.60. The smallest absolute Gasteiger partial charge is 0.221 e. The van der Waals surface area contributed by atoms with Crippen LogP contribution in [0.25, 0.3) is 0 Å². The van der Waals surface area contributed by atoms with Crippen molar-refractivity contribution in [2.75, 3.05) is 0 Å². The van der Waals surface area contributed by atoms with Gasteiger partial charge < -0.3 is 5.73 Å². The molecule has 12 heavy (non-hydrogen) atoms. The van der Waals surface area contributed by atoms with Gasteiger partial charge in [0.05, 0.1) is 0 Å². The minimum absolute atomic E-state index is 0.0532. The molecule has 0 aromatic heterocycles. The third kappa shape index (κ3) is 0.360. The highest BCUT2D eigenvalue weighted by molar-refractivity contribution is 5.82. The Labute approximate surface area is 72.5 Å². The number of primary amides is 1. The zero-order valence-corrected chi connectivity index (χ0v) is 7.63. The number of hydrogen-bond donors (Lipinski definition) is 1. The SMILES string of the molecule is CC1C[C@]23C[C@]12[C@@H](C)[C@H]3C(N)=O. The van der Waals surface area contributed by atoms with Crippen LogP contribution in [0, 0.1) is 28.6 Å². The predicted molar refractivity (Wildman–Crippen MR) is 45.1 cm³/mol. The molecule has 0 bridgehead atoms. The van der Waals surface area contributed by atoms with Crippen molar-refractivity contribution in [1.82, 2.24) is 0 Å². The lowest BCUT2D eigenvalue weighted by atomic mass is 9.43. The Morgan fingerprint density at radius 3 is 2.50 bits per heavy atom. The van der Waals surface area contributed by atoms with E-state index >= 15 is 0 Å². The van der Waals surface area contributed by atoms with Gasteiger partial charge in [-0.2, -0.15) is 0 Å². The highest BCUT2D eigenvalue weighted by atomic mass is 16.1. The van der Waals surface area contributed by atoms with Crippen molar-refractivity contribution in [1.29, 1.82) is 0 Å². The lowest BCUT2D eigenvalue weighted by Gasteiger charge is -2.60. The maximum Gasteiger partial charge on any atom is 0.221 e. The molecule has 66 valence electrons. The summed E-state index contributed by atoms with van der Waals surface area (Å²) in [7, 11) is 0. The number of nitrogens with two attached hydrogens (primary N) is 1. The molecule has 1 unspecified atom stereocenters. The molecule has 2 nitrogen and oxygen atoms in total. The fourth-order valence-corrected chi connectivity index (χ4v) is 4.79. The summed E-state index contributed by atoms with van der Waals surface area (Å²) in [5.41, 5.74) is 6.38. The number of carbonyl (C=O) groups is 1. The largest absolute Gasteiger partial charge is 0.369 e. The van der Waals surface area contributed by atoms with Gasteiger partial charge in [0, 0.05) is 5.92 Å². The second-order valence-electron chi connectivity index (χ2n) is 5.15. The molecule has 3 rings (SSSR count). The minimum Gasteiger partial charge on any atom is -0.369 e. The van der Waals surface area contributed by atoms with Crippen LogP contribution in [0.3, 0.4) is 0 Å². The first-order chi connectivity index (χ1) is 5.56. The van der Waals surface area contributed by atoms with Gasteiger partial charge in [0.25, 0.3) is 0 Å². The fourth-order valence-electron chi connectivity index (χ4n) is 4.79. The summed E-state index contributed by atoms with van der Waals surface area (Å²) in [4.78, 5) is 11.1. The zero-order valence-electron chi connectivity index (χ0n) is 7.63. The van der Waals surface area contributed by atoms with Gasteiger partial charge in [-0.25, -0.2) is 0 Å². The monoisotopic (exact) mass is 165 g/mol. The average molecular weight is 165 g/mol. The summed E-state index contributed by atoms with van der Waals surface area (Å²) in [6.45, 7) is 4.52. The molecule has 2 N–H and O–H groups in total. The van der Waals surface area contributed by atoms with Crippen LogP contribution in [0.2, 0.25) is 0 Å². The molecular weight excluding hydrogens is 150 g/mol. The Balaban J connectivity index is 1.94. The third-order valence-corrected chi connectivity index (χ3v) is 5.17. The minimum atomic E-state index is -0.0532. The molecule has 3 fully saturated rings. The molecule has 0 radical (unpaired) electrons. The Kier molecular flexibility index (Phi) is 0.836. The van der Waals surface area contributed by atoms with Gasteiger partial charge in [-0.05, 0) is 35.5 Å². The van der Waals surface area contributed by atoms with Crippen molar-refractivity contribution in [3.63, 3.8) is 0 Å². The van der Waals surface area contributed by atoms with Crippen LogP contribution in [0.15, 0.2) is 0 Å². The van der Waals surface area contributed by atoms with E-state index in [-0.39, 0.29) is 11.8 Å². The van der Waals surface area contributed by atoms with Crippen molar-refractivity contribution in [3.8, 4) is 0 Å². The second kappa shape index (κ2) is 1.45. The summed E-state index contributed by atoms with van der Waals surface area (Å²) in [6.07, 6.45) is 2.54. The average Bonchev–Trinajstić information content (AvgIpc) is 2.37. The molecule has 3 aliphatic carbocycles. The number of amides is 1. The van der Waals surface area contributed by atoms with Gasteiger partial charge in [0.1, 0.15) is 0 Å². The quantitative estimate of drug-likeness (QED) is 0.622. The second-order valence-corrected chi connectivity index (χ2v) is 5.15. The van der Waals surface area contributed by atoms with Crippen LogP contribution in [0.4, 0.5) is 0 Å². The van der Waals surface area contributed by atoms with Gasteiger partial charge in [-0.3, -0.25) is 4.79 Å². The maximum atomic E-state index is 11.1. The van der Waals surface area contributed by atoms with E-state index in [0.717, 1.165) is 5.92 Å². The number of carbonyl (C=O) groups excluding carboxylic acids is 1. The molecule has 3 aliphatic rings. The summed E-state index contributed by atoms with van der Waals surface area (Å²) in [6, 6.07) is 0. The number of hydrogen-bond acceptors (Lipinski definition) is 1. The van der Waals surface area contributed by atoms with E-state index in [4.69, 9.17) is 5.73 Å². The van der Waals surface area contributed by atoms with Crippen molar-refractivity contribution in [2.45, 2.75) is 26.7 Å². The molecule has 0 heterocycles. The Bertz CT molecular complexity index is 288. The van der Waals surface area contributed by atoms with Crippen LogP contribution in [0.5, 0.6) is 0 Å². The van der Waals surface area contributed by atoms with E-state index in [1.54, 1.807) is 0 Å². The maximum absolute atomic E-state index is 11.1. The standard InChI is InChI=1S/C10H15NO/c1-5-3-9-4-10(5,9)6(2)7(9)8(11)12/h5-7H,3-4H2,1-2H3,(H2,11,12)/t5?,6-,7-,9+,10+/m0/s1. The van der Waals surface area contributed by atoms with Crippen molar-refractivity contribution in [3.05, 3.63) is 0 Å². The predicted octanol–water partition coefficient (Wildman–Crippen LogP) is 1.15. The van der Waals surface area contributed by atoms with Crippen molar-refractivity contribution >= 4 is 5.91 Å². The Hall–Kier alpha value is -0.530. The van der Waals surface area contributed by atoms with Gasteiger partial charge in [0.2, 0.25) is 5.91 Å². The van der Waals surface area contributed by atoms with Crippen molar-refractivity contribution < 1.29 is 4.79 Å². The topological polar surface area (TPSA) is 43.1 Å². The van der Waals surface area contributed by atoms with Crippen LogP contribution in [-0.4, -0.2) is 5.91 Å². The van der Waals surface area contributed by atoms with E-state index in [0.29, 0.717) is 16.7 Å². The van der Waals surface area contributed by atoms with E-state index in [2.05, 4.69) is 13.8 Å². The normalized spacial score (nSPS) is 65.3. The molecule has 0 aliphatic heterocycles. The summed E-state index contributed by atoms with van der Waals surface area (Å²) >= 11 is 0. The molecule has 5 atom stereocenters. The summed E-state index contributed by atoms with van der Waals surface area (Å²) in [5, 5.41) is 0. The lowest BCUT2D eigenvalue weighted by molar-refractivity contribution is -0.163. The number of rotatable bonds is 1. The van der Waals surface area contributed by atoms with Crippen molar-refractivity contribution in [2.24, 2.45) is 34.3 Å². The fraction of sp³-hybridized carbons (Fsp3) is 0.900. The first-order valence-electron chi connectivity index (χ1n) is 4.85. The molecule has 0 aromatic carbocycles. The Morgan fingerprint density at radius 2 is 2.17 bits per heavy atom. The van der Waals surface area contributed by atoms with E-state index in [1.807, 2.05) is 0 Å². The van der Waals surface area contributed by atoms with E-state index in [1.165, 1.54) is 12.8 Å².